The van der Waals surface area contributed by atoms with Gasteiger partial charge in [0, 0.05) is 13.6 Å². The van der Waals surface area contributed by atoms with Gasteiger partial charge < -0.3 is 10.0 Å². The molecule has 0 saturated carbocycles. The molecule has 0 aliphatic heterocycles. The molecule has 0 heterocycles. The lowest BCUT2D eigenvalue weighted by molar-refractivity contribution is -0.138. The number of alkyl halides is 3. The number of rotatable bonds is 3. The van der Waals surface area contributed by atoms with Crippen LogP contribution in [0.4, 0.5) is 17.6 Å². The molecule has 20 heavy (non-hydrogen) atoms. The number of hydrogen-bond donors (Lipinski definition) is 1. The average Bonchev–Trinajstić information content (AvgIpc) is 2.24. The van der Waals surface area contributed by atoms with Crippen molar-refractivity contribution in [1.82, 2.24) is 4.90 Å². The lowest BCUT2D eigenvalue weighted by Gasteiger charge is -2.26. The number of nitrogens with zero attached hydrogens (tertiary/aromatic N) is 1. The van der Waals surface area contributed by atoms with Crippen LogP contribution in [0, 0.1) is 5.82 Å². The molecule has 0 aromatic heterocycles. The fraction of sp³-hybridized carbons (Fsp3) is 0.462. The zero-order valence-corrected chi connectivity index (χ0v) is 11.3. The Bertz CT molecular complexity index is 506. The molecule has 0 aliphatic carbocycles. The van der Waals surface area contributed by atoms with Gasteiger partial charge in [-0.15, -0.1) is 0 Å². The fourth-order valence-electron chi connectivity index (χ4n) is 1.80. The maximum absolute atomic E-state index is 12.9. The number of likely N-dealkylation sites (N-methyl/N-ethyl adjacent to an activating group) is 1. The van der Waals surface area contributed by atoms with Crippen LogP contribution in [0.15, 0.2) is 18.2 Å². The number of carbonyl (C=O) groups excluding carboxylic acids is 1. The van der Waals surface area contributed by atoms with Gasteiger partial charge in [0.2, 0.25) is 0 Å². The number of halogens is 4. The normalized spacial score (nSPS) is 12.4. The van der Waals surface area contributed by atoms with E-state index in [1.54, 1.807) is 0 Å². The summed E-state index contributed by atoms with van der Waals surface area (Å²) in [4.78, 5) is 13.0. The van der Waals surface area contributed by atoms with Crippen molar-refractivity contribution in [3.63, 3.8) is 0 Å². The number of hydrogen-bond acceptors (Lipinski definition) is 2. The Morgan fingerprint density at radius 1 is 1.30 bits per heavy atom. The maximum atomic E-state index is 12.9. The lowest BCUT2D eigenvalue weighted by atomic mass is 10.0. The Labute approximate surface area is 113 Å². The van der Waals surface area contributed by atoms with Crippen molar-refractivity contribution in [2.45, 2.75) is 25.6 Å². The Morgan fingerprint density at radius 3 is 2.30 bits per heavy atom. The van der Waals surface area contributed by atoms with Crippen molar-refractivity contribution >= 4 is 5.91 Å². The molecule has 1 amide bonds. The summed E-state index contributed by atoms with van der Waals surface area (Å²) >= 11 is 0. The molecule has 0 unspecified atom stereocenters. The summed E-state index contributed by atoms with van der Waals surface area (Å²) in [6.07, 6.45) is -4.83. The smallest absolute Gasteiger partial charge is 0.389 e. The van der Waals surface area contributed by atoms with E-state index in [2.05, 4.69) is 0 Å². The van der Waals surface area contributed by atoms with Crippen molar-refractivity contribution in [3.05, 3.63) is 35.1 Å². The van der Waals surface area contributed by atoms with Gasteiger partial charge in [-0.25, -0.2) is 4.39 Å². The van der Waals surface area contributed by atoms with E-state index < -0.39 is 34.6 Å². The molecular formula is C13H15F4NO2. The fourth-order valence-corrected chi connectivity index (χ4v) is 1.80. The van der Waals surface area contributed by atoms with Crippen LogP contribution in [0.2, 0.25) is 0 Å². The first-order chi connectivity index (χ1) is 8.92. The SMILES string of the molecule is CN(CC(C)(C)O)C(=O)c1ccc(F)cc1C(F)(F)F. The van der Waals surface area contributed by atoms with Crippen LogP contribution in [-0.4, -0.2) is 35.1 Å². The quantitative estimate of drug-likeness (QED) is 0.870. The third-order valence-electron chi connectivity index (χ3n) is 2.49. The molecule has 0 aliphatic rings. The minimum Gasteiger partial charge on any atom is -0.389 e. The summed E-state index contributed by atoms with van der Waals surface area (Å²) in [7, 11) is 1.27. The van der Waals surface area contributed by atoms with Crippen molar-refractivity contribution in [3.8, 4) is 0 Å². The topological polar surface area (TPSA) is 40.5 Å². The predicted molar refractivity (Wildman–Crippen MR) is 64.7 cm³/mol. The van der Waals surface area contributed by atoms with Gasteiger partial charge in [0.05, 0.1) is 16.7 Å². The van der Waals surface area contributed by atoms with Crippen LogP contribution in [0.1, 0.15) is 29.8 Å². The van der Waals surface area contributed by atoms with Gasteiger partial charge in [0.25, 0.3) is 5.91 Å². The van der Waals surface area contributed by atoms with Gasteiger partial charge in [-0.2, -0.15) is 13.2 Å². The molecular weight excluding hydrogens is 278 g/mol. The molecule has 0 radical (unpaired) electrons. The van der Waals surface area contributed by atoms with Crippen LogP contribution in [0.5, 0.6) is 0 Å². The zero-order valence-electron chi connectivity index (χ0n) is 11.3. The lowest BCUT2D eigenvalue weighted by Crippen LogP contribution is -2.40. The molecule has 0 saturated heterocycles. The second-order valence-electron chi connectivity index (χ2n) is 5.16. The van der Waals surface area contributed by atoms with Crippen LogP contribution in [0.25, 0.3) is 0 Å². The van der Waals surface area contributed by atoms with E-state index in [-0.39, 0.29) is 12.6 Å². The Kier molecular flexibility index (Phi) is 4.43. The molecule has 7 heteroatoms. The highest BCUT2D eigenvalue weighted by Crippen LogP contribution is 2.33. The summed E-state index contributed by atoms with van der Waals surface area (Å²) in [5, 5.41) is 9.58. The molecule has 1 rings (SSSR count). The van der Waals surface area contributed by atoms with Crippen molar-refractivity contribution < 1.29 is 27.5 Å². The molecule has 0 bridgehead atoms. The molecule has 112 valence electrons. The summed E-state index contributed by atoms with van der Waals surface area (Å²) in [6.45, 7) is 2.69. The van der Waals surface area contributed by atoms with E-state index in [0.717, 1.165) is 17.0 Å². The highest BCUT2D eigenvalue weighted by molar-refractivity contribution is 5.95. The zero-order chi connectivity index (χ0) is 15.7. The predicted octanol–water partition coefficient (Wildman–Crippen LogP) is 2.69. The first-order valence-corrected chi connectivity index (χ1v) is 5.76. The van der Waals surface area contributed by atoms with Crippen molar-refractivity contribution in [2.24, 2.45) is 0 Å². The van der Waals surface area contributed by atoms with Gasteiger partial charge in [-0.05, 0) is 32.0 Å². The van der Waals surface area contributed by atoms with E-state index >= 15 is 0 Å². The summed E-state index contributed by atoms with van der Waals surface area (Å²) in [5.74, 6) is -2.00. The number of carbonyl (C=O) groups is 1. The van der Waals surface area contributed by atoms with Gasteiger partial charge in [-0.3, -0.25) is 4.79 Å². The third kappa shape index (κ3) is 4.19. The standard InChI is InChI=1S/C13H15F4NO2/c1-12(2,20)7-18(3)11(19)9-5-4-8(14)6-10(9)13(15,16)17/h4-6,20H,7H2,1-3H3. The number of aliphatic hydroxyl groups is 1. The first kappa shape index (κ1) is 16.4. The van der Waals surface area contributed by atoms with Gasteiger partial charge in [-0.1, -0.05) is 0 Å². The second kappa shape index (κ2) is 5.40. The highest BCUT2D eigenvalue weighted by Gasteiger charge is 2.36. The Morgan fingerprint density at radius 2 is 1.85 bits per heavy atom. The van der Waals surface area contributed by atoms with E-state index in [9.17, 15) is 27.5 Å². The van der Waals surface area contributed by atoms with Gasteiger partial charge in [0.1, 0.15) is 5.82 Å². The largest absolute Gasteiger partial charge is 0.417 e. The Balaban J connectivity index is 3.17. The van der Waals surface area contributed by atoms with Gasteiger partial charge >= 0.3 is 6.18 Å². The van der Waals surface area contributed by atoms with Crippen LogP contribution >= 0.6 is 0 Å². The maximum Gasteiger partial charge on any atom is 0.417 e. The van der Waals surface area contributed by atoms with E-state index in [1.807, 2.05) is 0 Å². The van der Waals surface area contributed by atoms with Crippen molar-refractivity contribution in [2.75, 3.05) is 13.6 Å². The number of amides is 1. The average molecular weight is 293 g/mol. The molecule has 0 atom stereocenters. The van der Waals surface area contributed by atoms with E-state index in [1.165, 1.54) is 20.9 Å². The monoisotopic (exact) mass is 293 g/mol. The van der Waals surface area contributed by atoms with Crippen LogP contribution in [-0.2, 0) is 6.18 Å². The first-order valence-electron chi connectivity index (χ1n) is 5.76. The highest BCUT2D eigenvalue weighted by atomic mass is 19.4. The third-order valence-corrected chi connectivity index (χ3v) is 2.49. The van der Waals surface area contributed by atoms with Crippen molar-refractivity contribution in [1.29, 1.82) is 0 Å². The van der Waals surface area contributed by atoms with E-state index in [0.29, 0.717) is 0 Å². The van der Waals surface area contributed by atoms with Crippen LogP contribution < -0.4 is 0 Å². The van der Waals surface area contributed by atoms with E-state index in [4.69, 9.17) is 0 Å². The molecule has 0 spiro atoms. The summed E-state index contributed by atoms with van der Waals surface area (Å²) in [5.41, 5.74) is -3.22. The molecule has 1 N–H and O–H groups in total. The molecule has 1 aromatic rings. The minimum atomic E-state index is -4.83. The number of benzene rings is 1. The minimum absolute atomic E-state index is 0.152. The van der Waals surface area contributed by atoms with Crippen LogP contribution in [0.3, 0.4) is 0 Å². The molecule has 1 aromatic carbocycles. The Hall–Kier alpha value is -1.63. The molecule has 3 nitrogen and oxygen atoms in total. The summed E-state index contributed by atoms with van der Waals surface area (Å²) in [6, 6.07) is 1.87. The summed E-state index contributed by atoms with van der Waals surface area (Å²) < 4.78 is 51.4. The second-order valence-corrected chi connectivity index (χ2v) is 5.16. The van der Waals surface area contributed by atoms with Gasteiger partial charge in [0.15, 0.2) is 0 Å². The molecule has 0 fully saturated rings.